The van der Waals surface area contributed by atoms with E-state index in [1.54, 1.807) is 37.9 Å². The van der Waals surface area contributed by atoms with Crippen molar-refractivity contribution in [1.82, 2.24) is 29.6 Å². The molecule has 0 aliphatic carbocycles. The maximum absolute atomic E-state index is 13.7. The van der Waals surface area contributed by atoms with Crippen LogP contribution in [-0.4, -0.2) is 67.0 Å². The number of nitrogens with zero attached hydrogens (tertiary/aromatic N) is 6. The van der Waals surface area contributed by atoms with Crippen LogP contribution in [0, 0.1) is 5.92 Å². The number of pyridine rings is 1. The summed E-state index contributed by atoms with van der Waals surface area (Å²) < 4.78 is 3.38. The van der Waals surface area contributed by atoms with E-state index >= 15 is 0 Å². The molecule has 12 heteroatoms. The second kappa shape index (κ2) is 13.6. The number of hydrogen-bond donors (Lipinski definition) is 3. The molecular weight excluding hydrogens is 604 g/mol. The first-order chi connectivity index (χ1) is 22.3. The molecule has 1 unspecified atom stereocenters. The lowest BCUT2D eigenvalue weighted by Crippen LogP contribution is -2.45. The molecule has 46 heavy (non-hydrogen) atoms. The Hall–Kier alpha value is -5.00. The zero-order valence-electron chi connectivity index (χ0n) is 25.6. The van der Waals surface area contributed by atoms with Gasteiger partial charge in [0.1, 0.15) is 17.6 Å². The highest BCUT2D eigenvalue weighted by Crippen LogP contribution is 2.30. The van der Waals surface area contributed by atoms with Crippen LogP contribution in [0.5, 0.6) is 0 Å². The summed E-state index contributed by atoms with van der Waals surface area (Å²) >= 11 is 6.69. The Morgan fingerprint density at radius 1 is 1.02 bits per heavy atom. The van der Waals surface area contributed by atoms with Gasteiger partial charge in [-0.1, -0.05) is 29.8 Å². The lowest BCUT2D eigenvalue weighted by molar-refractivity contribution is -0.118. The normalized spacial score (nSPS) is 15.1. The van der Waals surface area contributed by atoms with Gasteiger partial charge in [-0.05, 0) is 71.1 Å². The van der Waals surface area contributed by atoms with Crippen molar-refractivity contribution in [2.75, 3.05) is 29.9 Å². The van der Waals surface area contributed by atoms with Gasteiger partial charge in [-0.15, -0.1) is 0 Å². The number of rotatable bonds is 10. The minimum absolute atomic E-state index is 0.150. The molecular formula is C34H35ClN8O3. The number of benzene rings is 2. The van der Waals surface area contributed by atoms with Crippen molar-refractivity contribution in [3.63, 3.8) is 0 Å². The van der Waals surface area contributed by atoms with E-state index in [0.717, 1.165) is 47.7 Å². The SMILES string of the molecule is Cn1cncc1-c1ccc(NC(=O)C(Cc2cc(-c3ccnc(N4CC[C@H](CO)C4)c3)ccc2Cl)NC(=O)c2ccnn2C)cc1. The number of aromatic nitrogens is 5. The van der Waals surface area contributed by atoms with Crippen LogP contribution < -0.4 is 15.5 Å². The molecule has 0 spiro atoms. The van der Waals surface area contributed by atoms with Crippen LogP contribution in [-0.2, 0) is 25.3 Å². The molecule has 2 aromatic carbocycles. The van der Waals surface area contributed by atoms with Gasteiger partial charge in [0.2, 0.25) is 5.91 Å². The highest BCUT2D eigenvalue weighted by Gasteiger charge is 2.26. The molecule has 1 aliphatic rings. The fourth-order valence-corrected chi connectivity index (χ4v) is 5.91. The molecule has 3 N–H and O–H groups in total. The molecule has 236 valence electrons. The summed E-state index contributed by atoms with van der Waals surface area (Å²) in [6, 6.07) is 17.7. The third-order valence-corrected chi connectivity index (χ3v) is 8.73. The summed E-state index contributed by atoms with van der Waals surface area (Å²) in [5, 5.41) is 20.0. The van der Waals surface area contributed by atoms with Gasteiger partial charge in [0, 0.05) is 69.2 Å². The van der Waals surface area contributed by atoms with Gasteiger partial charge in [0.05, 0.1) is 18.2 Å². The van der Waals surface area contributed by atoms with Crippen LogP contribution in [0.2, 0.25) is 5.02 Å². The number of imidazole rings is 1. The van der Waals surface area contributed by atoms with Crippen molar-refractivity contribution in [1.29, 1.82) is 0 Å². The number of carbonyl (C=O) groups excluding carboxylic acids is 2. The third kappa shape index (κ3) is 6.80. The van der Waals surface area contributed by atoms with Gasteiger partial charge in [-0.2, -0.15) is 5.10 Å². The van der Waals surface area contributed by atoms with E-state index in [2.05, 4.69) is 30.6 Å². The van der Waals surface area contributed by atoms with Gasteiger partial charge >= 0.3 is 0 Å². The van der Waals surface area contributed by atoms with E-state index in [9.17, 15) is 14.7 Å². The van der Waals surface area contributed by atoms with Crippen molar-refractivity contribution < 1.29 is 14.7 Å². The third-order valence-electron chi connectivity index (χ3n) is 8.36. The number of hydrogen-bond acceptors (Lipinski definition) is 7. The maximum Gasteiger partial charge on any atom is 0.270 e. The van der Waals surface area contributed by atoms with Crippen molar-refractivity contribution in [2.45, 2.75) is 18.9 Å². The monoisotopic (exact) mass is 638 g/mol. The van der Waals surface area contributed by atoms with E-state index in [-0.39, 0.29) is 24.9 Å². The van der Waals surface area contributed by atoms with Gasteiger partial charge in [-0.3, -0.25) is 14.3 Å². The first-order valence-electron chi connectivity index (χ1n) is 15.1. The molecule has 1 aliphatic heterocycles. The minimum Gasteiger partial charge on any atom is -0.396 e. The van der Waals surface area contributed by atoms with Crippen LogP contribution in [0.3, 0.4) is 0 Å². The van der Waals surface area contributed by atoms with E-state index in [4.69, 9.17) is 11.6 Å². The minimum atomic E-state index is -0.945. The second-order valence-corrected chi connectivity index (χ2v) is 11.9. The Kier molecular flexibility index (Phi) is 9.13. The van der Waals surface area contributed by atoms with Crippen molar-refractivity contribution in [3.05, 3.63) is 102 Å². The summed E-state index contributed by atoms with van der Waals surface area (Å²) in [4.78, 5) is 37.9. The zero-order chi connectivity index (χ0) is 32.2. The van der Waals surface area contributed by atoms with Gasteiger partial charge in [-0.25, -0.2) is 9.97 Å². The lowest BCUT2D eigenvalue weighted by atomic mass is 9.99. The first kappa shape index (κ1) is 31.0. The van der Waals surface area contributed by atoms with Crippen molar-refractivity contribution in [2.24, 2.45) is 20.0 Å². The summed E-state index contributed by atoms with van der Waals surface area (Å²) in [6.45, 7) is 1.77. The molecule has 1 fully saturated rings. The zero-order valence-corrected chi connectivity index (χ0v) is 26.4. The molecule has 2 amide bonds. The van der Waals surface area contributed by atoms with Gasteiger partial charge in [0.15, 0.2) is 0 Å². The van der Waals surface area contributed by atoms with Crippen molar-refractivity contribution >= 4 is 34.9 Å². The number of carbonyl (C=O) groups is 2. The van der Waals surface area contributed by atoms with E-state index < -0.39 is 11.9 Å². The molecule has 5 aromatic rings. The Balaban J connectivity index is 1.24. The van der Waals surface area contributed by atoms with E-state index in [1.807, 2.05) is 60.1 Å². The fourth-order valence-electron chi connectivity index (χ4n) is 5.72. The predicted octanol–water partition coefficient (Wildman–Crippen LogP) is 4.33. The summed E-state index contributed by atoms with van der Waals surface area (Å²) in [6.07, 6.45) is 7.89. The lowest BCUT2D eigenvalue weighted by Gasteiger charge is -2.20. The highest BCUT2D eigenvalue weighted by molar-refractivity contribution is 6.31. The van der Waals surface area contributed by atoms with Crippen LogP contribution in [0.4, 0.5) is 11.5 Å². The summed E-state index contributed by atoms with van der Waals surface area (Å²) in [5.74, 6) is 0.282. The highest BCUT2D eigenvalue weighted by atomic mass is 35.5. The summed E-state index contributed by atoms with van der Waals surface area (Å²) in [7, 11) is 3.59. The molecule has 3 aromatic heterocycles. The smallest absolute Gasteiger partial charge is 0.270 e. The predicted molar refractivity (Wildman–Crippen MR) is 178 cm³/mol. The number of anilines is 2. The quantitative estimate of drug-likeness (QED) is 0.208. The Labute approximate surface area is 271 Å². The maximum atomic E-state index is 13.7. The molecule has 6 rings (SSSR count). The molecule has 0 bridgehead atoms. The average molecular weight is 639 g/mol. The molecule has 0 radical (unpaired) electrons. The van der Waals surface area contributed by atoms with Crippen LogP contribution in [0.25, 0.3) is 22.4 Å². The number of aliphatic hydroxyl groups excluding tert-OH is 1. The molecule has 2 atom stereocenters. The Bertz CT molecular complexity index is 1850. The fraction of sp³-hybridized carbons (Fsp3) is 0.265. The molecule has 11 nitrogen and oxygen atoms in total. The summed E-state index contributed by atoms with van der Waals surface area (Å²) in [5.41, 5.74) is 5.38. The van der Waals surface area contributed by atoms with Crippen LogP contribution >= 0.6 is 11.6 Å². The van der Waals surface area contributed by atoms with Gasteiger partial charge < -0.3 is 25.2 Å². The topological polar surface area (TPSA) is 130 Å². The van der Waals surface area contributed by atoms with E-state index in [1.165, 1.54) is 10.9 Å². The average Bonchev–Trinajstić information content (AvgIpc) is 3.83. The number of nitrogens with one attached hydrogen (secondary N) is 2. The van der Waals surface area contributed by atoms with Gasteiger partial charge in [0.25, 0.3) is 5.91 Å². The number of aryl methyl sites for hydroxylation is 2. The largest absolute Gasteiger partial charge is 0.396 e. The molecule has 1 saturated heterocycles. The Morgan fingerprint density at radius 2 is 1.80 bits per heavy atom. The van der Waals surface area contributed by atoms with Crippen LogP contribution in [0.1, 0.15) is 22.5 Å². The molecule has 4 heterocycles. The first-order valence-corrected chi connectivity index (χ1v) is 15.4. The molecule has 0 saturated carbocycles. The number of halogens is 1. The number of aliphatic hydroxyl groups is 1. The second-order valence-electron chi connectivity index (χ2n) is 11.5. The van der Waals surface area contributed by atoms with Crippen LogP contribution in [0.15, 0.2) is 85.6 Å². The number of amides is 2. The Morgan fingerprint density at radius 3 is 2.50 bits per heavy atom. The van der Waals surface area contributed by atoms with Crippen molar-refractivity contribution in [3.8, 4) is 22.4 Å². The van der Waals surface area contributed by atoms with E-state index in [0.29, 0.717) is 22.0 Å². The standard InChI is InChI=1S/C34H35ClN8O3/c1-41-21-36-18-31(41)23-3-6-27(7-4-23)39-33(45)29(40-34(46)30-10-13-38-42(30)2)16-26-15-24(5-8-28(26)35)25-9-12-37-32(17-25)43-14-11-22(19-43)20-44/h3-10,12-13,15,17-18,21-22,29,44H,11,14,16,19-20H2,1-2H3,(H,39,45)(H,40,46)/t22-,29?/m0/s1.